The van der Waals surface area contributed by atoms with Gasteiger partial charge in [-0.15, -0.1) is 10.2 Å². The van der Waals surface area contributed by atoms with Crippen molar-refractivity contribution in [1.29, 1.82) is 0 Å². The van der Waals surface area contributed by atoms with Crippen molar-refractivity contribution in [2.45, 2.75) is 56.8 Å². The molecule has 0 bridgehead atoms. The summed E-state index contributed by atoms with van der Waals surface area (Å²) in [4.78, 5) is 9.71. The zero-order chi connectivity index (χ0) is 22.7. The van der Waals surface area contributed by atoms with E-state index in [0.29, 0.717) is 17.9 Å². The molecule has 0 saturated heterocycles. The van der Waals surface area contributed by atoms with Crippen LogP contribution < -0.4 is 4.90 Å². The summed E-state index contributed by atoms with van der Waals surface area (Å²) in [6.45, 7) is 8.24. The fourth-order valence-corrected chi connectivity index (χ4v) is 5.66. The van der Waals surface area contributed by atoms with Crippen molar-refractivity contribution in [3.8, 4) is 0 Å². The molecule has 168 valence electrons. The van der Waals surface area contributed by atoms with Gasteiger partial charge < -0.3 is 9.88 Å². The normalized spacial score (nSPS) is 16.7. The van der Waals surface area contributed by atoms with Crippen LogP contribution in [0.15, 0.2) is 39.4 Å². The first-order valence-corrected chi connectivity index (χ1v) is 12.4. The van der Waals surface area contributed by atoms with E-state index in [4.69, 9.17) is 0 Å². The van der Waals surface area contributed by atoms with Crippen molar-refractivity contribution in [1.82, 2.24) is 9.97 Å². The van der Waals surface area contributed by atoms with Crippen molar-refractivity contribution in [2.24, 2.45) is 10.2 Å². The highest BCUT2D eigenvalue weighted by Crippen LogP contribution is 2.43. The molecule has 32 heavy (non-hydrogen) atoms. The van der Waals surface area contributed by atoms with Crippen LogP contribution >= 0.6 is 0 Å². The lowest BCUT2D eigenvalue weighted by atomic mass is 9.87. The molecule has 0 fully saturated rings. The molecule has 0 aliphatic carbocycles. The Morgan fingerprint density at radius 1 is 1.09 bits per heavy atom. The molecule has 0 amide bonds. The molecular formula is C23H27N5O3S. The molecule has 0 spiro atoms. The van der Waals surface area contributed by atoms with Crippen LogP contribution in [-0.2, 0) is 28.4 Å². The van der Waals surface area contributed by atoms with E-state index in [2.05, 4.69) is 45.9 Å². The van der Waals surface area contributed by atoms with Crippen LogP contribution in [0.2, 0.25) is 0 Å². The van der Waals surface area contributed by atoms with E-state index in [9.17, 15) is 13.0 Å². The number of benzene rings is 2. The lowest BCUT2D eigenvalue weighted by molar-refractivity contribution is 0.481. The number of hydrogen-bond donors (Lipinski definition) is 2. The van der Waals surface area contributed by atoms with Crippen LogP contribution in [0.3, 0.4) is 0 Å². The SMILES string of the molecule is CC(C)(C)c1ccc2nc(N=Nc3cc4c5c(c3S(=O)(=O)O)CCCN5CCC4)[nH]c2c1. The Kier molecular flexibility index (Phi) is 4.86. The van der Waals surface area contributed by atoms with Crippen molar-refractivity contribution < 1.29 is 13.0 Å². The zero-order valence-corrected chi connectivity index (χ0v) is 19.3. The number of rotatable bonds is 3. The maximum absolute atomic E-state index is 12.3. The van der Waals surface area contributed by atoms with E-state index in [1.807, 2.05) is 18.2 Å². The quantitative estimate of drug-likeness (QED) is 0.417. The number of nitrogens with zero attached hydrogens (tertiary/aromatic N) is 4. The van der Waals surface area contributed by atoms with Gasteiger partial charge in [-0.05, 0) is 66.0 Å². The topological polar surface area (TPSA) is 111 Å². The Balaban J connectivity index is 1.60. The van der Waals surface area contributed by atoms with Crippen LogP contribution in [0.4, 0.5) is 17.3 Å². The Labute approximate surface area is 187 Å². The summed E-state index contributed by atoms with van der Waals surface area (Å²) < 4.78 is 34.7. The zero-order valence-electron chi connectivity index (χ0n) is 18.5. The number of aromatic amines is 1. The average molecular weight is 454 g/mol. The summed E-state index contributed by atoms with van der Waals surface area (Å²) in [5, 5.41) is 8.46. The number of fused-ring (bicyclic) bond motifs is 1. The second kappa shape index (κ2) is 7.38. The highest BCUT2D eigenvalue weighted by atomic mass is 32.2. The largest absolute Gasteiger partial charge is 0.371 e. The molecule has 3 aromatic rings. The van der Waals surface area contributed by atoms with Crippen LogP contribution in [0.5, 0.6) is 0 Å². The second-order valence-corrected chi connectivity index (χ2v) is 11.0. The third-order valence-corrected chi connectivity index (χ3v) is 7.27. The average Bonchev–Trinajstić information content (AvgIpc) is 3.13. The summed E-state index contributed by atoms with van der Waals surface area (Å²) in [5.41, 5.74) is 5.62. The van der Waals surface area contributed by atoms with Crippen molar-refractivity contribution in [3.63, 3.8) is 0 Å². The van der Waals surface area contributed by atoms with Gasteiger partial charge in [0.05, 0.1) is 11.0 Å². The first-order valence-electron chi connectivity index (χ1n) is 10.9. The van der Waals surface area contributed by atoms with Gasteiger partial charge in [-0.2, -0.15) is 8.42 Å². The Morgan fingerprint density at radius 3 is 2.56 bits per heavy atom. The summed E-state index contributed by atoms with van der Waals surface area (Å²) in [7, 11) is -4.46. The van der Waals surface area contributed by atoms with E-state index in [1.54, 1.807) is 6.07 Å². The molecule has 0 radical (unpaired) electrons. The van der Waals surface area contributed by atoms with Crippen LogP contribution in [0, 0.1) is 0 Å². The Morgan fingerprint density at radius 2 is 1.84 bits per heavy atom. The summed E-state index contributed by atoms with van der Waals surface area (Å²) >= 11 is 0. The predicted octanol–water partition coefficient (Wildman–Crippen LogP) is 5.22. The predicted molar refractivity (Wildman–Crippen MR) is 124 cm³/mol. The number of azo groups is 1. The molecule has 0 saturated carbocycles. The molecule has 2 N–H and O–H groups in total. The molecule has 8 nitrogen and oxygen atoms in total. The number of imidazole rings is 1. The minimum absolute atomic E-state index is 0.00374. The number of nitrogens with one attached hydrogen (secondary N) is 1. The van der Waals surface area contributed by atoms with E-state index in [1.165, 1.54) is 5.56 Å². The second-order valence-electron chi connectivity index (χ2n) is 9.62. The van der Waals surface area contributed by atoms with Gasteiger partial charge in [-0.25, -0.2) is 4.98 Å². The fraction of sp³-hybridized carbons (Fsp3) is 0.435. The number of aryl methyl sites for hydroxylation is 1. The minimum Gasteiger partial charge on any atom is -0.371 e. The molecule has 1 aromatic heterocycles. The third-order valence-electron chi connectivity index (χ3n) is 6.30. The molecular weight excluding hydrogens is 426 g/mol. The highest BCUT2D eigenvalue weighted by molar-refractivity contribution is 7.86. The molecule has 2 aliphatic heterocycles. The molecule has 2 aromatic carbocycles. The summed E-state index contributed by atoms with van der Waals surface area (Å²) in [5.74, 6) is 0.292. The fourth-order valence-electron chi connectivity index (χ4n) is 4.79. The Hall–Kier alpha value is -2.78. The molecule has 0 unspecified atom stereocenters. The maximum atomic E-state index is 12.3. The van der Waals surface area contributed by atoms with Crippen LogP contribution in [0.1, 0.15) is 50.3 Å². The number of aromatic nitrogens is 2. The van der Waals surface area contributed by atoms with Crippen LogP contribution in [-0.4, -0.2) is 36.0 Å². The minimum atomic E-state index is -4.46. The first-order chi connectivity index (χ1) is 15.1. The molecule has 3 heterocycles. The monoisotopic (exact) mass is 453 g/mol. The summed E-state index contributed by atoms with van der Waals surface area (Å²) in [6, 6.07) is 7.78. The lowest BCUT2D eigenvalue weighted by Gasteiger charge is -2.37. The number of H-pyrrole nitrogens is 1. The smallest absolute Gasteiger partial charge is 0.297 e. The van der Waals surface area contributed by atoms with Gasteiger partial charge in [0.2, 0.25) is 5.95 Å². The molecule has 2 aliphatic rings. The van der Waals surface area contributed by atoms with Gasteiger partial charge in [0, 0.05) is 18.8 Å². The Bertz CT molecular complexity index is 1350. The van der Waals surface area contributed by atoms with Gasteiger partial charge in [0.25, 0.3) is 10.1 Å². The van der Waals surface area contributed by atoms with Gasteiger partial charge in [-0.3, -0.25) is 4.55 Å². The van der Waals surface area contributed by atoms with E-state index in [0.717, 1.165) is 54.6 Å². The van der Waals surface area contributed by atoms with E-state index < -0.39 is 10.1 Å². The van der Waals surface area contributed by atoms with E-state index in [-0.39, 0.29) is 16.0 Å². The lowest BCUT2D eigenvalue weighted by Crippen LogP contribution is -2.35. The van der Waals surface area contributed by atoms with Crippen LogP contribution in [0.25, 0.3) is 11.0 Å². The maximum Gasteiger partial charge on any atom is 0.297 e. The van der Waals surface area contributed by atoms with E-state index >= 15 is 0 Å². The first kappa shape index (κ1) is 21.1. The molecule has 0 atom stereocenters. The van der Waals surface area contributed by atoms with Crippen molar-refractivity contribution in [3.05, 3.63) is 41.0 Å². The standard InChI is InChI=1S/C23H27N5O3S/c1-23(2,3)15-8-9-17-18(13-15)25-22(24-17)27-26-19-12-14-6-4-10-28-11-5-7-16(20(14)28)21(19)32(29,30)31/h8-9,12-13H,4-7,10-11H2,1-3H3,(H,24,25)(H,29,30,31). The third kappa shape index (κ3) is 3.69. The van der Waals surface area contributed by atoms with Gasteiger partial charge in [-0.1, -0.05) is 26.8 Å². The van der Waals surface area contributed by atoms with Gasteiger partial charge in [0.1, 0.15) is 10.6 Å². The highest BCUT2D eigenvalue weighted by Gasteiger charge is 2.32. The number of anilines is 1. The van der Waals surface area contributed by atoms with Crippen molar-refractivity contribution >= 4 is 38.5 Å². The van der Waals surface area contributed by atoms with Gasteiger partial charge >= 0.3 is 0 Å². The van der Waals surface area contributed by atoms with Gasteiger partial charge in [0.15, 0.2) is 0 Å². The molecule has 5 rings (SSSR count). The summed E-state index contributed by atoms with van der Waals surface area (Å²) in [6.07, 6.45) is 3.30. The van der Waals surface area contributed by atoms with Crippen molar-refractivity contribution in [2.75, 3.05) is 18.0 Å². The number of hydrogen-bond acceptors (Lipinski definition) is 6. The molecule has 9 heteroatoms.